The summed E-state index contributed by atoms with van der Waals surface area (Å²) in [6, 6.07) is 8.55. The minimum absolute atomic E-state index is 0.0256. The Morgan fingerprint density at radius 1 is 1.37 bits per heavy atom. The number of hydrogen-bond donors (Lipinski definition) is 1. The van der Waals surface area contributed by atoms with Crippen molar-refractivity contribution in [2.45, 2.75) is 12.1 Å². The van der Waals surface area contributed by atoms with Gasteiger partial charge < -0.3 is 14.9 Å². The first kappa shape index (κ1) is 13.5. The van der Waals surface area contributed by atoms with E-state index in [0.717, 1.165) is 0 Å². The van der Waals surface area contributed by atoms with Crippen LogP contribution in [0, 0.1) is 11.3 Å². The van der Waals surface area contributed by atoms with Crippen LogP contribution in [0.15, 0.2) is 24.3 Å². The van der Waals surface area contributed by atoms with Crippen molar-refractivity contribution in [2.75, 3.05) is 27.2 Å². The van der Waals surface area contributed by atoms with E-state index in [1.807, 2.05) is 25.1 Å². The molecule has 19 heavy (non-hydrogen) atoms. The van der Waals surface area contributed by atoms with Crippen LogP contribution in [0.4, 0.5) is 0 Å². The number of aliphatic hydroxyl groups is 1. The van der Waals surface area contributed by atoms with Gasteiger partial charge in [-0.2, -0.15) is 5.26 Å². The number of nitrogens with zero attached hydrogens (tertiary/aromatic N) is 3. The van der Waals surface area contributed by atoms with E-state index in [9.17, 15) is 9.90 Å². The van der Waals surface area contributed by atoms with Crippen molar-refractivity contribution in [3.8, 4) is 6.07 Å². The third kappa shape index (κ3) is 2.75. The maximum atomic E-state index is 12.3. The quantitative estimate of drug-likeness (QED) is 0.829. The summed E-state index contributed by atoms with van der Waals surface area (Å²) >= 11 is 0. The Labute approximate surface area is 112 Å². The molecule has 2 atom stereocenters. The summed E-state index contributed by atoms with van der Waals surface area (Å²) in [6.07, 6.45) is -0.516. The highest BCUT2D eigenvalue weighted by Gasteiger charge is 2.35. The number of hydrogen-bond acceptors (Lipinski definition) is 4. The van der Waals surface area contributed by atoms with E-state index in [4.69, 9.17) is 5.26 Å². The summed E-state index contributed by atoms with van der Waals surface area (Å²) in [7, 11) is 3.78. The molecule has 1 fully saturated rings. The Morgan fingerprint density at radius 2 is 2.00 bits per heavy atom. The molecule has 1 aliphatic heterocycles. The standard InChI is InChI=1S/C14H17N3O2/c1-16(2)12-8-17(9-13(12)18)14(19)11-5-3-10(7-15)4-6-11/h3-6,12-13,18H,8-9H2,1-2H3/t12-,13-/m0/s1. The number of carbonyl (C=O) groups excluding carboxylic acids is 1. The van der Waals surface area contributed by atoms with Crippen LogP contribution in [0.2, 0.25) is 0 Å². The molecule has 1 amide bonds. The van der Waals surface area contributed by atoms with Crippen LogP contribution in [0.1, 0.15) is 15.9 Å². The molecule has 2 rings (SSSR count). The van der Waals surface area contributed by atoms with Gasteiger partial charge in [0, 0.05) is 18.7 Å². The van der Waals surface area contributed by atoms with Gasteiger partial charge in [0.1, 0.15) is 0 Å². The lowest BCUT2D eigenvalue weighted by Crippen LogP contribution is -2.38. The van der Waals surface area contributed by atoms with Crippen LogP contribution in [0.25, 0.3) is 0 Å². The number of carbonyl (C=O) groups is 1. The van der Waals surface area contributed by atoms with Crippen molar-refractivity contribution in [3.05, 3.63) is 35.4 Å². The average Bonchev–Trinajstić information content (AvgIpc) is 2.80. The fraction of sp³-hybridized carbons (Fsp3) is 0.429. The third-order valence-electron chi connectivity index (χ3n) is 3.47. The van der Waals surface area contributed by atoms with Crippen LogP contribution in [-0.4, -0.2) is 60.1 Å². The van der Waals surface area contributed by atoms with Crippen molar-refractivity contribution in [1.29, 1.82) is 5.26 Å². The normalized spacial score (nSPS) is 22.6. The van der Waals surface area contributed by atoms with Crippen molar-refractivity contribution in [2.24, 2.45) is 0 Å². The van der Waals surface area contributed by atoms with Gasteiger partial charge >= 0.3 is 0 Å². The lowest BCUT2D eigenvalue weighted by molar-refractivity contribution is 0.0764. The number of benzene rings is 1. The molecule has 0 aromatic heterocycles. The summed E-state index contributed by atoms with van der Waals surface area (Å²) in [4.78, 5) is 15.9. The molecule has 1 aromatic rings. The van der Waals surface area contributed by atoms with Gasteiger partial charge in [-0.25, -0.2) is 0 Å². The minimum atomic E-state index is -0.516. The Kier molecular flexibility index (Phi) is 3.84. The van der Waals surface area contributed by atoms with Gasteiger partial charge in [0.15, 0.2) is 0 Å². The Bertz CT molecular complexity index is 504. The van der Waals surface area contributed by atoms with Gasteiger partial charge in [-0.05, 0) is 38.4 Å². The number of amides is 1. The zero-order valence-corrected chi connectivity index (χ0v) is 11.1. The summed E-state index contributed by atoms with van der Waals surface area (Å²) in [5, 5.41) is 18.7. The summed E-state index contributed by atoms with van der Waals surface area (Å²) < 4.78 is 0. The topological polar surface area (TPSA) is 67.6 Å². The van der Waals surface area contributed by atoms with E-state index >= 15 is 0 Å². The first-order chi connectivity index (χ1) is 9.02. The lowest BCUT2D eigenvalue weighted by atomic mass is 10.1. The first-order valence-electron chi connectivity index (χ1n) is 6.17. The van der Waals surface area contributed by atoms with Crippen LogP contribution < -0.4 is 0 Å². The maximum absolute atomic E-state index is 12.3. The molecule has 1 aromatic carbocycles. The molecule has 5 nitrogen and oxygen atoms in total. The predicted molar refractivity (Wildman–Crippen MR) is 70.5 cm³/mol. The van der Waals surface area contributed by atoms with E-state index < -0.39 is 6.10 Å². The maximum Gasteiger partial charge on any atom is 0.253 e. The number of β-amino-alcohol motifs (C(OH)–C–C–N with tert-alkyl or cyclic N) is 1. The first-order valence-corrected chi connectivity index (χ1v) is 6.17. The van der Waals surface area contributed by atoms with Crippen molar-refractivity contribution < 1.29 is 9.90 Å². The van der Waals surface area contributed by atoms with Gasteiger partial charge in [0.05, 0.1) is 23.8 Å². The predicted octanol–water partition coefficient (Wildman–Crippen LogP) is 0.305. The van der Waals surface area contributed by atoms with Gasteiger partial charge in [-0.3, -0.25) is 4.79 Å². The second-order valence-electron chi connectivity index (χ2n) is 5.00. The van der Waals surface area contributed by atoms with Gasteiger partial charge in [0.25, 0.3) is 5.91 Å². The number of nitriles is 1. The summed E-state index contributed by atoms with van der Waals surface area (Å²) in [5.74, 6) is -0.104. The molecular weight excluding hydrogens is 242 g/mol. The number of aliphatic hydroxyl groups excluding tert-OH is 1. The number of rotatable bonds is 2. The fourth-order valence-corrected chi connectivity index (χ4v) is 2.31. The fourth-order valence-electron chi connectivity index (χ4n) is 2.31. The molecule has 5 heteroatoms. The molecule has 0 unspecified atom stereocenters. The Hall–Kier alpha value is -1.90. The molecule has 1 saturated heterocycles. The monoisotopic (exact) mass is 259 g/mol. The van der Waals surface area contributed by atoms with Crippen LogP contribution in [0.5, 0.6) is 0 Å². The van der Waals surface area contributed by atoms with E-state index in [1.54, 1.807) is 29.2 Å². The van der Waals surface area contributed by atoms with Gasteiger partial charge in [-0.15, -0.1) is 0 Å². The average molecular weight is 259 g/mol. The SMILES string of the molecule is CN(C)[C@H]1CN(C(=O)c2ccc(C#N)cc2)C[C@@H]1O. The van der Waals surface area contributed by atoms with E-state index in [2.05, 4.69) is 0 Å². The van der Waals surface area contributed by atoms with Gasteiger partial charge in [-0.1, -0.05) is 0 Å². The lowest BCUT2D eigenvalue weighted by Gasteiger charge is -2.21. The minimum Gasteiger partial charge on any atom is -0.390 e. The molecule has 0 saturated carbocycles. The molecule has 0 radical (unpaired) electrons. The molecule has 100 valence electrons. The highest BCUT2D eigenvalue weighted by Crippen LogP contribution is 2.17. The molecule has 0 aliphatic carbocycles. The van der Waals surface area contributed by atoms with E-state index in [0.29, 0.717) is 24.2 Å². The second-order valence-corrected chi connectivity index (χ2v) is 5.00. The van der Waals surface area contributed by atoms with Crippen LogP contribution in [0.3, 0.4) is 0 Å². The van der Waals surface area contributed by atoms with Crippen LogP contribution >= 0.6 is 0 Å². The third-order valence-corrected chi connectivity index (χ3v) is 3.47. The molecule has 1 aliphatic rings. The zero-order chi connectivity index (χ0) is 14.0. The van der Waals surface area contributed by atoms with Crippen LogP contribution in [-0.2, 0) is 0 Å². The van der Waals surface area contributed by atoms with Crippen molar-refractivity contribution >= 4 is 5.91 Å². The molecular formula is C14H17N3O2. The Morgan fingerprint density at radius 3 is 2.47 bits per heavy atom. The van der Waals surface area contributed by atoms with Gasteiger partial charge in [0.2, 0.25) is 0 Å². The zero-order valence-electron chi connectivity index (χ0n) is 11.1. The second kappa shape index (κ2) is 5.39. The molecule has 0 bridgehead atoms. The smallest absolute Gasteiger partial charge is 0.253 e. The molecule has 1 N–H and O–H groups in total. The summed E-state index contributed by atoms with van der Waals surface area (Å²) in [6.45, 7) is 0.870. The highest BCUT2D eigenvalue weighted by atomic mass is 16.3. The number of likely N-dealkylation sites (tertiary alicyclic amines) is 1. The molecule has 0 spiro atoms. The van der Waals surface area contributed by atoms with E-state index in [1.165, 1.54) is 0 Å². The van der Waals surface area contributed by atoms with Crippen molar-refractivity contribution in [3.63, 3.8) is 0 Å². The largest absolute Gasteiger partial charge is 0.390 e. The Balaban J connectivity index is 2.10. The van der Waals surface area contributed by atoms with E-state index in [-0.39, 0.29) is 11.9 Å². The summed E-state index contributed by atoms with van der Waals surface area (Å²) in [5.41, 5.74) is 1.08. The molecule has 1 heterocycles. The van der Waals surface area contributed by atoms with Crippen molar-refractivity contribution in [1.82, 2.24) is 9.80 Å². The highest BCUT2D eigenvalue weighted by molar-refractivity contribution is 5.94. The number of likely N-dealkylation sites (N-methyl/N-ethyl adjacent to an activating group) is 1.